The van der Waals surface area contributed by atoms with Crippen LogP contribution in [0.3, 0.4) is 0 Å². The van der Waals surface area contributed by atoms with Crippen LogP contribution in [0.5, 0.6) is 5.75 Å². The van der Waals surface area contributed by atoms with E-state index in [0.717, 1.165) is 40.4 Å². The van der Waals surface area contributed by atoms with E-state index in [0.29, 0.717) is 18.7 Å². The topological polar surface area (TPSA) is 54.5 Å². The second-order valence-corrected chi connectivity index (χ2v) is 7.33. The van der Waals surface area contributed by atoms with Crippen LogP contribution in [0.4, 0.5) is 5.00 Å². The number of nitrogens with one attached hydrogen (secondary N) is 1. The van der Waals surface area contributed by atoms with E-state index in [4.69, 9.17) is 4.74 Å². The zero-order valence-electron chi connectivity index (χ0n) is 15.3. The predicted octanol–water partition coefficient (Wildman–Crippen LogP) is 3.79. The van der Waals surface area contributed by atoms with Crippen LogP contribution < -0.4 is 10.1 Å². The van der Waals surface area contributed by atoms with Gasteiger partial charge in [0.1, 0.15) is 16.9 Å². The van der Waals surface area contributed by atoms with Crippen molar-refractivity contribution >= 4 is 22.4 Å². The fourth-order valence-electron chi connectivity index (χ4n) is 3.28. The van der Waals surface area contributed by atoms with Crippen molar-refractivity contribution in [2.24, 2.45) is 0 Å². The molecular weight excluding hydrogens is 334 g/mol. The largest absolute Gasteiger partial charge is 0.490 e. The minimum Gasteiger partial charge on any atom is -0.490 e. The second kappa shape index (κ2) is 7.44. The van der Waals surface area contributed by atoms with Crippen molar-refractivity contribution in [2.45, 2.75) is 39.7 Å². The molecule has 0 unspecified atom stereocenters. The number of carbonyl (C=O) groups is 1. The molecule has 0 spiro atoms. The number of para-hydroxylation sites is 1. The molecule has 0 atom stereocenters. The lowest BCUT2D eigenvalue weighted by Crippen LogP contribution is -2.42. The van der Waals surface area contributed by atoms with Crippen LogP contribution in [0.25, 0.3) is 0 Å². The highest BCUT2D eigenvalue weighted by Crippen LogP contribution is 2.29. The van der Waals surface area contributed by atoms with Gasteiger partial charge in [0.15, 0.2) is 0 Å². The molecule has 1 N–H and O–H groups in total. The minimum absolute atomic E-state index is 0.0705. The normalized spacial score (nSPS) is 15.3. The lowest BCUT2D eigenvalue weighted by Gasteiger charge is -2.33. The molecular formula is C19H25N3O2S. The maximum Gasteiger partial charge on any atom is 0.258 e. The summed E-state index contributed by atoms with van der Waals surface area (Å²) >= 11 is 1.34. The van der Waals surface area contributed by atoms with Crippen LogP contribution in [0, 0.1) is 20.8 Å². The summed E-state index contributed by atoms with van der Waals surface area (Å²) in [6, 6.07) is 6.20. The standard InChI is InChI=1S/C19H25N3O2S/c1-12-6-5-7-13(2)17(12)24-15-8-10-22(11-9-15)19(23)16-14(3)21-25-18(16)20-4/h5-7,15,20H,8-11H2,1-4H3. The highest BCUT2D eigenvalue weighted by molar-refractivity contribution is 7.10. The van der Waals surface area contributed by atoms with Crippen molar-refractivity contribution in [3.8, 4) is 5.75 Å². The molecule has 2 heterocycles. The number of rotatable bonds is 4. The average molecular weight is 359 g/mol. The molecule has 3 rings (SSSR count). The summed E-state index contributed by atoms with van der Waals surface area (Å²) in [4.78, 5) is 14.8. The van der Waals surface area contributed by atoms with E-state index in [2.05, 4.69) is 41.7 Å². The SMILES string of the molecule is CNc1snc(C)c1C(=O)N1CCC(Oc2c(C)cccc2C)CC1. The van der Waals surface area contributed by atoms with Crippen molar-refractivity contribution < 1.29 is 9.53 Å². The van der Waals surface area contributed by atoms with Crippen molar-refractivity contribution in [3.63, 3.8) is 0 Å². The number of carbonyl (C=O) groups excluding carboxylic acids is 1. The number of hydrogen-bond acceptors (Lipinski definition) is 5. The van der Waals surface area contributed by atoms with Gasteiger partial charge < -0.3 is 15.0 Å². The smallest absolute Gasteiger partial charge is 0.258 e. The number of hydrogen-bond donors (Lipinski definition) is 1. The van der Waals surface area contributed by atoms with Crippen LogP contribution in [-0.2, 0) is 0 Å². The van der Waals surface area contributed by atoms with Crippen LogP contribution in [-0.4, -0.2) is 41.4 Å². The fourth-order valence-corrected chi connectivity index (χ4v) is 4.02. The maximum atomic E-state index is 12.8. The molecule has 1 amide bonds. The van der Waals surface area contributed by atoms with Crippen LogP contribution in [0.2, 0.25) is 0 Å². The Morgan fingerprint density at radius 3 is 2.48 bits per heavy atom. The van der Waals surface area contributed by atoms with E-state index in [1.165, 1.54) is 11.5 Å². The first-order valence-corrected chi connectivity index (χ1v) is 9.44. The Kier molecular flexibility index (Phi) is 5.27. The van der Waals surface area contributed by atoms with Crippen LogP contribution >= 0.6 is 11.5 Å². The van der Waals surface area contributed by atoms with E-state index >= 15 is 0 Å². The molecule has 6 heteroatoms. The predicted molar refractivity (Wildman–Crippen MR) is 102 cm³/mol. The van der Waals surface area contributed by atoms with Gasteiger partial charge in [-0.25, -0.2) is 0 Å². The van der Waals surface area contributed by atoms with Gasteiger partial charge in [-0.2, -0.15) is 4.37 Å². The van der Waals surface area contributed by atoms with Gasteiger partial charge in [-0.05, 0) is 43.4 Å². The summed E-state index contributed by atoms with van der Waals surface area (Å²) < 4.78 is 10.5. The van der Waals surface area contributed by atoms with Gasteiger partial charge in [-0.1, -0.05) is 18.2 Å². The fraction of sp³-hybridized carbons (Fsp3) is 0.474. The third-order valence-electron chi connectivity index (χ3n) is 4.73. The summed E-state index contributed by atoms with van der Waals surface area (Å²) in [7, 11) is 1.83. The van der Waals surface area contributed by atoms with Crippen molar-refractivity contribution in [1.29, 1.82) is 0 Å². The zero-order valence-corrected chi connectivity index (χ0v) is 16.1. The van der Waals surface area contributed by atoms with Crippen LogP contribution in [0.15, 0.2) is 18.2 Å². The number of piperidine rings is 1. The molecule has 1 aliphatic rings. The Balaban J connectivity index is 1.64. The number of aromatic nitrogens is 1. The third-order valence-corrected chi connectivity index (χ3v) is 5.68. The number of ether oxygens (including phenoxy) is 1. The number of amides is 1. The Hall–Kier alpha value is -2.08. The van der Waals surface area contributed by atoms with E-state index < -0.39 is 0 Å². The number of anilines is 1. The summed E-state index contributed by atoms with van der Waals surface area (Å²) in [5.74, 6) is 1.06. The van der Waals surface area contributed by atoms with Gasteiger partial charge in [-0.15, -0.1) is 0 Å². The molecule has 1 saturated heterocycles. The third kappa shape index (κ3) is 3.63. The van der Waals surface area contributed by atoms with Gasteiger partial charge in [0.2, 0.25) is 0 Å². The quantitative estimate of drug-likeness (QED) is 0.902. The Bertz CT molecular complexity index is 744. The first-order valence-electron chi connectivity index (χ1n) is 8.67. The molecule has 1 aromatic heterocycles. The summed E-state index contributed by atoms with van der Waals surface area (Å²) in [5.41, 5.74) is 3.84. The molecule has 1 aromatic carbocycles. The molecule has 0 aliphatic carbocycles. The molecule has 25 heavy (non-hydrogen) atoms. The Morgan fingerprint density at radius 1 is 1.24 bits per heavy atom. The molecule has 134 valence electrons. The number of likely N-dealkylation sites (tertiary alicyclic amines) is 1. The van der Waals surface area contributed by atoms with E-state index in [9.17, 15) is 4.79 Å². The van der Waals surface area contributed by atoms with E-state index in [-0.39, 0.29) is 12.0 Å². The summed E-state index contributed by atoms with van der Waals surface area (Å²) in [5, 5.41) is 3.92. The molecule has 0 saturated carbocycles. The van der Waals surface area contributed by atoms with Gasteiger partial charge in [0, 0.05) is 33.0 Å². The maximum absolute atomic E-state index is 12.8. The Morgan fingerprint density at radius 2 is 1.88 bits per heavy atom. The highest BCUT2D eigenvalue weighted by Gasteiger charge is 2.28. The highest BCUT2D eigenvalue weighted by atomic mass is 32.1. The van der Waals surface area contributed by atoms with Gasteiger partial charge in [0.25, 0.3) is 5.91 Å². The lowest BCUT2D eigenvalue weighted by atomic mass is 10.1. The molecule has 0 radical (unpaired) electrons. The average Bonchev–Trinajstić information content (AvgIpc) is 2.99. The monoisotopic (exact) mass is 359 g/mol. The zero-order chi connectivity index (χ0) is 18.0. The number of nitrogens with zero attached hydrogens (tertiary/aromatic N) is 2. The van der Waals surface area contributed by atoms with Crippen molar-refractivity contribution in [1.82, 2.24) is 9.27 Å². The molecule has 5 nitrogen and oxygen atoms in total. The first-order chi connectivity index (χ1) is 12.0. The van der Waals surface area contributed by atoms with Crippen molar-refractivity contribution in [2.75, 3.05) is 25.5 Å². The number of benzene rings is 1. The first kappa shape index (κ1) is 17.7. The van der Waals surface area contributed by atoms with Crippen LogP contribution in [0.1, 0.15) is 40.0 Å². The Labute approximate surface area is 153 Å². The summed E-state index contributed by atoms with van der Waals surface area (Å²) in [6.45, 7) is 7.47. The molecule has 2 aromatic rings. The minimum atomic E-state index is 0.0705. The molecule has 1 fully saturated rings. The molecule has 0 bridgehead atoms. The van der Waals surface area contributed by atoms with Gasteiger partial charge in [0.05, 0.1) is 11.3 Å². The van der Waals surface area contributed by atoms with Gasteiger partial charge in [-0.3, -0.25) is 4.79 Å². The van der Waals surface area contributed by atoms with E-state index in [1.807, 2.05) is 18.9 Å². The number of aryl methyl sites for hydroxylation is 3. The van der Waals surface area contributed by atoms with Gasteiger partial charge >= 0.3 is 0 Å². The summed E-state index contributed by atoms with van der Waals surface area (Å²) in [6.07, 6.45) is 1.87. The second-order valence-electron chi connectivity index (χ2n) is 6.55. The molecule has 1 aliphatic heterocycles. The van der Waals surface area contributed by atoms with Crippen molar-refractivity contribution in [3.05, 3.63) is 40.6 Å². The van der Waals surface area contributed by atoms with E-state index in [1.54, 1.807) is 0 Å². The lowest BCUT2D eigenvalue weighted by molar-refractivity contribution is 0.0593.